The van der Waals surface area contributed by atoms with Crippen molar-refractivity contribution in [3.05, 3.63) is 27.8 Å². The Morgan fingerprint density at radius 2 is 2.05 bits per heavy atom. The molecule has 0 aromatic heterocycles. The Bertz CT molecular complexity index is 499. The molecule has 1 aliphatic carbocycles. The molecule has 1 aliphatic heterocycles. The van der Waals surface area contributed by atoms with Crippen molar-refractivity contribution in [3.63, 3.8) is 0 Å². The normalized spacial score (nSPS) is 23.4. The molecule has 3 rings (SSSR count). The van der Waals surface area contributed by atoms with Crippen LogP contribution in [0.1, 0.15) is 19.3 Å². The van der Waals surface area contributed by atoms with Crippen LogP contribution >= 0.6 is 22.6 Å². The molecule has 1 spiro atoms. The number of ether oxygens (including phenoxy) is 3. The molecule has 0 radical (unpaired) electrons. The van der Waals surface area contributed by atoms with E-state index in [0.29, 0.717) is 19.0 Å². The lowest BCUT2D eigenvalue weighted by Crippen LogP contribution is -2.38. The summed E-state index contributed by atoms with van der Waals surface area (Å²) in [6.07, 6.45) is 2.45. The van der Waals surface area contributed by atoms with Crippen molar-refractivity contribution in [1.29, 1.82) is 0 Å². The molecule has 1 aromatic carbocycles. The van der Waals surface area contributed by atoms with E-state index in [1.165, 1.54) is 0 Å². The van der Waals surface area contributed by atoms with Crippen LogP contribution in [0.25, 0.3) is 0 Å². The Labute approximate surface area is 137 Å². The maximum Gasteiger partial charge on any atom is 0.258 e. The maximum atomic E-state index is 11.9. The van der Waals surface area contributed by atoms with Gasteiger partial charge in [0.05, 0.1) is 13.2 Å². The topological polar surface area (TPSA) is 56.8 Å². The SMILES string of the molecule is O=C(COc1ccc(I)cc1)N[C@@H]1CCC2(C1)OCCO2. The zero-order valence-electron chi connectivity index (χ0n) is 11.6. The van der Waals surface area contributed by atoms with E-state index in [1.807, 2.05) is 24.3 Å². The Balaban J connectivity index is 1.43. The van der Waals surface area contributed by atoms with Crippen LogP contribution in [0.5, 0.6) is 5.75 Å². The van der Waals surface area contributed by atoms with Crippen molar-refractivity contribution in [2.45, 2.75) is 31.1 Å². The van der Waals surface area contributed by atoms with Crippen molar-refractivity contribution >= 4 is 28.5 Å². The predicted molar refractivity (Wildman–Crippen MR) is 85.1 cm³/mol. The first-order valence-electron chi connectivity index (χ1n) is 7.11. The molecule has 2 fully saturated rings. The van der Waals surface area contributed by atoms with E-state index in [9.17, 15) is 4.79 Å². The van der Waals surface area contributed by atoms with Crippen LogP contribution in [-0.4, -0.2) is 37.6 Å². The first kappa shape index (κ1) is 15.1. The number of benzene rings is 1. The molecule has 1 saturated carbocycles. The Morgan fingerprint density at radius 3 is 2.76 bits per heavy atom. The van der Waals surface area contributed by atoms with Gasteiger partial charge in [0, 0.05) is 22.5 Å². The maximum absolute atomic E-state index is 11.9. The zero-order chi connectivity index (χ0) is 14.7. The third kappa shape index (κ3) is 3.87. The van der Waals surface area contributed by atoms with Crippen LogP contribution in [0.4, 0.5) is 0 Å². The third-order valence-electron chi connectivity index (χ3n) is 3.79. The van der Waals surface area contributed by atoms with E-state index >= 15 is 0 Å². The molecule has 1 atom stereocenters. The van der Waals surface area contributed by atoms with E-state index in [1.54, 1.807) is 0 Å². The molecular formula is C15H18INO4. The summed E-state index contributed by atoms with van der Waals surface area (Å²) >= 11 is 2.23. The van der Waals surface area contributed by atoms with Crippen LogP contribution < -0.4 is 10.1 Å². The fraction of sp³-hybridized carbons (Fsp3) is 0.533. The Morgan fingerprint density at radius 1 is 1.33 bits per heavy atom. The Hall–Kier alpha value is -0.860. The van der Waals surface area contributed by atoms with Gasteiger partial charge < -0.3 is 19.5 Å². The summed E-state index contributed by atoms with van der Waals surface area (Å²) in [5.41, 5.74) is 0. The number of nitrogens with one attached hydrogen (secondary N) is 1. The number of carbonyl (C=O) groups is 1. The molecule has 2 aliphatic rings. The van der Waals surface area contributed by atoms with Gasteiger partial charge in [-0.25, -0.2) is 0 Å². The van der Waals surface area contributed by atoms with Gasteiger partial charge in [-0.3, -0.25) is 4.79 Å². The number of carbonyl (C=O) groups excluding carboxylic acids is 1. The lowest BCUT2D eigenvalue weighted by atomic mass is 10.2. The average Bonchev–Trinajstić information content (AvgIpc) is 3.09. The summed E-state index contributed by atoms with van der Waals surface area (Å²) in [7, 11) is 0. The standard InChI is InChI=1S/C15H18INO4/c16-11-1-3-13(4-2-11)19-10-14(18)17-12-5-6-15(9-12)20-7-8-21-15/h1-4,12H,5-10H2,(H,17,18)/t12-/m1/s1. The lowest BCUT2D eigenvalue weighted by molar-refractivity contribution is -0.151. The first-order valence-corrected chi connectivity index (χ1v) is 8.19. The van der Waals surface area contributed by atoms with Gasteiger partial charge in [-0.15, -0.1) is 0 Å². The summed E-state index contributed by atoms with van der Waals surface area (Å²) in [6, 6.07) is 7.72. The highest BCUT2D eigenvalue weighted by molar-refractivity contribution is 14.1. The molecule has 1 saturated heterocycles. The monoisotopic (exact) mass is 403 g/mol. The fourth-order valence-corrected chi connectivity index (χ4v) is 3.16. The van der Waals surface area contributed by atoms with Gasteiger partial charge in [-0.1, -0.05) is 0 Å². The second-order valence-electron chi connectivity index (χ2n) is 5.36. The van der Waals surface area contributed by atoms with E-state index in [0.717, 1.165) is 22.8 Å². The van der Waals surface area contributed by atoms with Crippen molar-refractivity contribution in [1.82, 2.24) is 5.32 Å². The molecular weight excluding hydrogens is 385 g/mol. The number of rotatable bonds is 4. The van der Waals surface area contributed by atoms with Crippen LogP contribution in [0.2, 0.25) is 0 Å². The van der Waals surface area contributed by atoms with Gasteiger partial charge in [-0.05, 0) is 53.3 Å². The average molecular weight is 403 g/mol. The first-order chi connectivity index (χ1) is 10.2. The third-order valence-corrected chi connectivity index (χ3v) is 4.51. The molecule has 5 nitrogen and oxygen atoms in total. The van der Waals surface area contributed by atoms with Crippen molar-refractivity contribution in [2.24, 2.45) is 0 Å². The highest BCUT2D eigenvalue weighted by atomic mass is 127. The molecule has 0 unspecified atom stereocenters. The second kappa shape index (κ2) is 6.50. The van der Waals surface area contributed by atoms with Crippen molar-refractivity contribution in [2.75, 3.05) is 19.8 Å². The van der Waals surface area contributed by atoms with Gasteiger partial charge in [-0.2, -0.15) is 0 Å². The molecule has 1 amide bonds. The van der Waals surface area contributed by atoms with Gasteiger partial charge in [0.15, 0.2) is 12.4 Å². The number of halogens is 1. The van der Waals surface area contributed by atoms with Crippen LogP contribution in [0.3, 0.4) is 0 Å². The summed E-state index contributed by atoms with van der Waals surface area (Å²) in [5.74, 6) is 0.152. The molecule has 21 heavy (non-hydrogen) atoms. The minimum Gasteiger partial charge on any atom is -0.484 e. The van der Waals surface area contributed by atoms with Gasteiger partial charge in [0.1, 0.15) is 5.75 Å². The van der Waals surface area contributed by atoms with E-state index in [4.69, 9.17) is 14.2 Å². The lowest BCUT2D eigenvalue weighted by Gasteiger charge is -2.21. The van der Waals surface area contributed by atoms with Crippen LogP contribution in [0.15, 0.2) is 24.3 Å². The van der Waals surface area contributed by atoms with Crippen LogP contribution in [0, 0.1) is 3.57 Å². The summed E-state index contributed by atoms with van der Waals surface area (Å²) in [5, 5.41) is 2.99. The molecule has 1 aromatic rings. The molecule has 1 N–H and O–H groups in total. The summed E-state index contributed by atoms with van der Waals surface area (Å²) in [4.78, 5) is 11.9. The smallest absolute Gasteiger partial charge is 0.258 e. The van der Waals surface area contributed by atoms with Crippen LogP contribution in [-0.2, 0) is 14.3 Å². The Kier molecular flexibility index (Phi) is 4.66. The summed E-state index contributed by atoms with van der Waals surface area (Å²) < 4.78 is 17.9. The van der Waals surface area contributed by atoms with E-state index < -0.39 is 5.79 Å². The fourth-order valence-electron chi connectivity index (χ4n) is 2.81. The minimum atomic E-state index is -0.449. The van der Waals surface area contributed by atoms with Crippen molar-refractivity contribution in [3.8, 4) is 5.75 Å². The quantitative estimate of drug-likeness (QED) is 0.783. The van der Waals surface area contributed by atoms with Gasteiger partial charge >= 0.3 is 0 Å². The van der Waals surface area contributed by atoms with Gasteiger partial charge in [0.2, 0.25) is 0 Å². The molecule has 1 heterocycles. The highest BCUT2D eigenvalue weighted by Gasteiger charge is 2.44. The van der Waals surface area contributed by atoms with Gasteiger partial charge in [0.25, 0.3) is 5.91 Å². The highest BCUT2D eigenvalue weighted by Crippen LogP contribution is 2.37. The number of hydrogen-bond acceptors (Lipinski definition) is 4. The predicted octanol–water partition coefficient (Wildman–Crippen LogP) is 2.08. The number of hydrogen-bond donors (Lipinski definition) is 1. The largest absolute Gasteiger partial charge is 0.484 e. The number of amides is 1. The van der Waals surface area contributed by atoms with E-state index in [-0.39, 0.29) is 18.6 Å². The minimum absolute atomic E-state index is 0.0335. The zero-order valence-corrected chi connectivity index (χ0v) is 13.8. The summed E-state index contributed by atoms with van der Waals surface area (Å²) in [6.45, 7) is 1.33. The van der Waals surface area contributed by atoms with Crippen molar-refractivity contribution < 1.29 is 19.0 Å². The van der Waals surface area contributed by atoms with E-state index in [2.05, 4.69) is 27.9 Å². The second-order valence-corrected chi connectivity index (χ2v) is 6.60. The molecule has 0 bridgehead atoms. The molecule has 6 heteroatoms. The molecule has 114 valence electrons.